The van der Waals surface area contributed by atoms with E-state index in [-0.39, 0.29) is 11.6 Å². The standard InChI is InChI=1S/C24H27FN6O/c1-15-10-17-4-5-19(23(25)18(17)11-15)32-22-13-21(27-20-12-16(2)14-26-20)28-24(29-22)31-8-6-30(3)7-9-31/h4-5,11-13H,6-10,14H2,1-3H3,(H,26,27,28,29). The third-order valence-corrected chi connectivity index (χ3v) is 5.92. The number of likely N-dealkylation sites (N-methyl/N-ethyl adjacent to an activating group) is 1. The average molecular weight is 435 g/mol. The molecule has 5 rings (SSSR count). The van der Waals surface area contributed by atoms with Crippen molar-refractivity contribution in [2.24, 2.45) is 4.99 Å². The zero-order chi connectivity index (χ0) is 22.2. The van der Waals surface area contributed by atoms with Crippen LogP contribution < -0.4 is 15.0 Å². The molecule has 1 aromatic heterocycles. The molecule has 0 amide bonds. The highest BCUT2D eigenvalue weighted by Crippen LogP contribution is 2.34. The Kier molecular flexibility index (Phi) is 5.38. The lowest BCUT2D eigenvalue weighted by atomic mass is 10.1. The number of nitrogens with one attached hydrogen (secondary N) is 1. The number of amidine groups is 1. The van der Waals surface area contributed by atoms with Crippen molar-refractivity contribution in [1.29, 1.82) is 0 Å². The van der Waals surface area contributed by atoms with Crippen LogP contribution in [0.3, 0.4) is 0 Å². The summed E-state index contributed by atoms with van der Waals surface area (Å²) in [5, 5.41) is 3.25. The van der Waals surface area contributed by atoms with Crippen molar-refractivity contribution < 1.29 is 9.13 Å². The van der Waals surface area contributed by atoms with Crippen LogP contribution in [0.4, 0.5) is 16.2 Å². The van der Waals surface area contributed by atoms with E-state index in [4.69, 9.17) is 9.72 Å². The molecule has 0 atom stereocenters. The van der Waals surface area contributed by atoms with Gasteiger partial charge >= 0.3 is 0 Å². The van der Waals surface area contributed by atoms with Gasteiger partial charge in [0.05, 0.1) is 6.54 Å². The molecule has 0 saturated carbocycles. The molecule has 166 valence electrons. The maximum atomic E-state index is 15.1. The zero-order valence-electron chi connectivity index (χ0n) is 18.7. The van der Waals surface area contributed by atoms with Crippen molar-refractivity contribution in [2.45, 2.75) is 20.3 Å². The predicted molar refractivity (Wildman–Crippen MR) is 125 cm³/mol. The van der Waals surface area contributed by atoms with E-state index in [1.54, 1.807) is 12.1 Å². The van der Waals surface area contributed by atoms with Crippen molar-refractivity contribution >= 4 is 23.7 Å². The summed E-state index contributed by atoms with van der Waals surface area (Å²) in [7, 11) is 2.10. The van der Waals surface area contributed by atoms with E-state index in [1.165, 1.54) is 5.57 Å². The molecule has 2 aliphatic heterocycles. The Bertz CT molecular complexity index is 1150. The summed E-state index contributed by atoms with van der Waals surface area (Å²) in [5.41, 5.74) is 3.91. The van der Waals surface area contributed by atoms with Crippen molar-refractivity contribution in [1.82, 2.24) is 14.9 Å². The molecule has 0 bridgehead atoms. The number of ether oxygens (including phenoxy) is 1. The van der Waals surface area contributed by atoms with Gasteiger partial charge in [-0.05, 0) is 50.6 Å². The summed E-state index contributed by atoms with van der Waals surface area (Å²) in [6.07, 6.45) is 4.65. The quantitative estimate of drug-likeness (QED) is 0.788. The molecule has 1 fully saturated rings. The number of rotatable bonds is 4. The van der Waals surface area contributed by atoms with E-state index in [9.17, 15) is 0 Å². The number of piperazine rings is 1. The number of hydrogen-bond acceptors (Lipinski definition) is 7. The van der Waals surface area contributed by atoms with Gasteiger partial charge in [0.2, 0.25) is 11.8 Å². The number of aliphatic imine (C=N–C) groups is 1. The number of allylic oxidation sites excluding steroid dienone is 1. The maximum absolute atomic E-state index is 15.1. The van der Waals surface area contributed by atoms with Gasteiger partial charge < -0.3 is 19.9 Å². The molecular formula is C24H27FN6O. The molecule has 1 aromatic carbocycles. The summed E-state index contributed by atoms with van der Waals surface area (Å²) >= 11 is 0. The summed E-state index contributed by atoms with van der Waals surface area (Å²) in [5.74, 6) is 2.00. The Morgan fingerprint density at radius 3 is 2.59 bits per heavy atom. The molecule has 1 saturated heterocycles. The van der Waals surface area contributed by atoms with Crippen molar-refractivity contribution in [2.75, 3.05) is 50.0 Å². The zero-order valence-corrected chi connectivity index (χ0v) is 18.7. The Balaban J connectivity index is 1.46. The Morgan fingerprint density at radius 1 is 1.03 bits per heavy atom. The molecule has 3 heterocycles. The first kappa shape index (κ1) is 20.6. The number of benzene rings is 1. The van der Waals surface area contributed by atoms with Gasteiger partial charge in [-0.25, -0.2) is 4.39 Å². The van der Waals surface area contributed by atoms with Gasteiger partial charge in [0.1, 0.15) is 11.7 Å². The van der Waals surface area contributed by atoms with E-state index < -0.39 is 0 Å². The minimum Gasteiger partial charge on any atom is -0.436 e. The normalized spacial score (nSPS) is 18.2. The SMILES string of the molecule is CC1=CC(Nc2cc(Oc3ccc4c(c3F)C=C(C)C4)nc(N3CCN(C)CC3)n2)=NC1. The molecule has 0 unspecified atom stereocenters. The smallest absolute Gasteiger partial charge is 0.230 e. The van der Waals surface area contributed by atoms with Crippen LogP contribution in [0.5, 0.6) is 11.6 Å². The number of nitrogens with zero attached hydrogens (tertiary/aromatic N) is 5. The van der Waals surface area contributed by atoms with Gasteiger partial charge in [0, 0.05) is 37.8 Å². The van der Waals surface area contributed by atoms with E-state index in [2.05, 4.69) is 32.1 Å². The first-order valence-corrected chi connectivity index (χ1v) is 10.9. The van der Waals surface area contributed by atoms with Crippen LogP contribution in [0.2, 0.25) is 0 Å². The number of halogens is 1. The van der Waals surface area contributed by atoms with Crippen LogP contribution in [0.25, 0.3) is 6.08 Å². The van der Waals surface area contributed by atoms with E-state index in [0.29, 0.717) is 29.8 Å². The summed E-state index contributed by atoms with van der Waals surface area (Å²) in [4.78, 5) is 18.2. The number of fused-ring (bicyclic) bond motifs is 1. The summed E-state index contributed by atoms with van der Waals surface area (Å²) in [6.45, 7) is 8.21. The van der Waals surface area contributed by atoms with Crippen molar-refractivity contribution in [3.8, 4) is 11.6 Å². The van der Waals surface area contributed by atoms with E-state index in [0.717, 1.165) is 49.6 Å². The lowest BCUT2D eigenvalue weighted by Gasteiger charge is -2.32. The third kappa shape index (κ3) is 4.23. The second-order valence-electron chi connectivity index (χ2n) is 8.72. The topological polar surface area (TPSA) is 65.9 Å². The maximum Gasteiger partial charge on any atom is 0.230 e. The third-order valence-electron chi connectivity index (χ3n) is 5.92. The fourth-order valence-electron chi connectivity index (χ4n) is 4.13. The second-order valence-corrected chi connectivity index (χ2v) is 8.72. The molecular weight excluding hydrogens is 407 g/mol. The first-order chi connectivity index (χ1) is 15.4. The van der Waals surface area contributed by atoms with Gasteiger partial charge in [0.25, 0.3) is 0 Å². The van der Waals surface area contributed by atoms with Crippen molar-refractivity contribution in [3.63, 3.8) is 0 Å². The van der Waals surface area contributed by atoms with Crippen molar-refractivity contribution in [3.05, 3.63) is 52.4 Å². The number of aromatic nitrogens is 2. The Labute approximate surface area is 187 Å². The molecule has 1 N–H and O–H groups in total. The van der Waals surface area contributed by atoms with E-state index in [1.807, 2.05) is 32.1 Å². The van der Waals surface area contributed by atoms with Gasteiger partial charge in [-0.1, -0.05) is 17.7 Å². The lowest BCUT2D eigenvalue weighted by Crippen LogP contribution is -2.45. The van der Waals surface area contributed by atoms with E-state index >= 15 is 4.39 Å². The highest BCUT2D eigenvalue weighted by molar-refractivity contribution is 6.05. The molecule has 1 aliphatic carbocycles. The Hall–Kier alpha value is -3.26. The molecule has 0 radical (unpaired) electrons. The van der Waals surface area contributed by atoms with Gasteiger partial charge in [-0.2, -0.15) is 9.97 Å². The number of anilines is 2. The van der Waals surface area contributed by atoms with Gasteiger partial charge in [-0.3, -0.25) is 4.99 Å². The Morgan fingerprint density at radius 2 is 1.84 bits per heavy atom. The molecule has 2 aromatic rings. The summed E-state index contributed by atoms with van der Waals surface area (Å²) in [6, 6.07) is 5.29. The largest absolute Gasteiger partial charge is 0.436 e. The minimum absolute atomic E-state index is 0.164. The summed E-state index contributed by atoms with van der Waals surface area (Å²) < 4.78 is 21.1. The van der Waals surface area contributed by atoms with Crippen LogP contribution in [0.1, 0.15) is 25.0 Å². The van der Waals surface area contributed by atoms with Gasteiger partial charge in [-0.15, -0.1) is 0 Å². The molecule has 0 spiro atoms. The fourth-order valence-corrected chi connectivity index (χ4v) is 4.13. The average Bonchev–Trinajstić information content (AvgIpc) is 3.35. The fraction of sp³-hybridized carbons (Fsp3) is 0.375. The van der Waals surface area contributed by atoms with Crippen LogP contribution in [-0.4, -0.2) is 60.5 Å². The van der Waals surface area contributed by atoms with Gasteiger partial charge in [0.15, 0.2) is 11.6 Å². The first-order valence-electron chi connectivity index (χ1n) is 10.9. The lowest BCUT2D eigenvalue weighted by molar-refractivity contribution is 0.310. The predicted octanol–water partition coefficient (Wildman–Crippen LogP) is 3.89. The number of hydrogen-bond donors (Lipinski definition) is 1. The van der Waals surface area contributed by atoms with Crippen LogP contribution in [0.15, 0.2) is 40.4 Å². The second kappa shape index (κ2) is 8.35. The highest BCUT2D eigenvalue weighted by Gasteiger charge is 2.21. The minimum atomic E-state index is -0.354. The molecule has 32 heavy (non-hydrogen) atoms. The van der Waals surface area contributed by atoms with Crippen LogP contribution in [0, 0.1) is 5.82 Å². The monoisotopic (exact) mass is 434 g/mol. The molecule has 7 nitrogen and oxygen atoms in total. The van der Waals surface area contributed by atoms with Crippen LogP contribution in [-0.2, 0) is 6.42 Å². The molecule has 3 aliphatic rings. The molecule has 8 heteroatoms. The highest BCUT2D eigenvalue weighted by atomic mass is 19.1. The van der Waals surface area contributed by atoms with Crippen LogP contribution >= 0.6 is 0 Å².